The van der Waals surface area contributed by atoms with Crippen molar-refractivity contribution in [1.82, 2.24) is 5.32 Å². The number of benzene rings is 2. The molecule has 2 rings (SSSR count). The molecule has 2 aromatic rings. The number of carbonyl (C=O) groups is 1. The molecule has 0 heterocycles. The number of rotatable bonds is 6. The molecule has 21 heavy (non-hydrogen) atoms. The molecule has 0 aliphatic heterocycles. The fourth-order valence-electron chi connectivity index (χ4n) is 2.18. The van der Waals surface area contributed by atoms with Gasteiger partial charge < -0.3 is 11.1 Å². The molecule has 4 heteroatoms. The SMILES string of the molecule is NCC(C(=O)NCCc1ccc(Cl)cc1)c1ccccc1. The van der Waals surface area contributed by atoms with E-state index >= 15 is 0 Å². The van der Waals surface area contributed by atoms with Gasteiger partial charge in [-0.2, -0.15) is 0 Å². The molecule has 0 saturated carbocycles. The Kier molecular flexibility index (Phi) is 5.78. The number of hydrogen-bond acceptors (Lipinski definition) is 2. The highest BCUT2D eigenvalue weighted by atomic mass is 35.5. The quantitative estimate of drug-likeness (QED) is 0.862. The molecule has 0 bridgehead atoms. The molecule has 110 valence electrons. The van der Waals surface area contributed by atoms with E-state index in [1.54, 1.807) is 0 Å². The second-order valence-corrected chi connectivity index (χ2v) is 5.30. The normalized spacial score (nSPS) is 11.9. The van der Waals surface area contributed by atoms with Crippen LogP contribution in [-0.2, 0) is 11.2 Å². The lowest BCUT2D eigenvalue weighted by molar-refractivity contribution is -0.122. The molecule has 0 saturated heterocycles. The second kappa shape index (κ2) is 7.81. The maximum atomic E-state index is 12.2. The van der Waals surface area contributed by atoms with Crippen molar-refractivity contribution in [3.63, 3.8) is 0 Å². The maximum absolute atomic E-state index is 12.2. The molecule has 0 fully saturated rings. The van der Waals surface area contributed by atoms with Crippen molar-refractivity contribution in [2.45, 2.75) is 12.3 Å². The van der Waals surface area contributed by atoms with E-state index < -0.39 is 0 Å². The molecule has 2 aromatic carbocycles. The van der Waals surface area contributed by atoms with E-state index in [1.807, 2.05) is 54.6 Å². The third kappa shape index (κ3) is 4.59. The molecule has 3 N–H and O–H groups in total. The van der Waals surface area contributed by atoms with Crippen LogP contribution in [0, 0.1) is 0 Å². The smallest absolute Gasteiger partial charge is 0.228 e. The van der Waals surface area contributed by atoms with E-state index in [2.05, 4.69) is 5.32 Å². The lowest BCUT2D eigenvalue weighted by Gasteiger charge is -2.15. The third-order valence-corrected chi connectivity index (χ3v) is 3.63. The molecule has 0 aromatic heterocycles. The van der Waals surface area contributed by atoms with Gasteiger partial charge >= 0.3 is 0 Å². The molecule has 0 aliphatic rings. The number of halogens is 1. The minimum atomic E-state index is -0.295. The fourth-order valence-corrected chi connectivity index (χ4v) is 2.31. The van der Waals surface area contributed by atoms with Crippen LogP contribution in [-0.4, -0.2) is 19.0 Å². The molecule has 1 amide bonds. The average Bonchev–Trinajstić information content (AvgIpc) is 2.51. The zero-order valence-corrected chi connectivity index (χ0v) is 12.5. The van der Waals surface area contributed by atoms with Crippen LogP contribution in [0.1, 0.15) is 17.0 Å². The second-order valence-electron chi connectivity index (χ2n) is 4.87. The van der Waals surface area contributed by atoms with Gasteiger partial charge in [0.1, 0.15) is 0 Å². The molecule has 3 nitrogen and oxygen atoms in total. The predicted molar refractivity (Wildman–Crippen MR) is 86.4 cm³/mol. The van der Waals surface area contributed by atoms with E-state index in [1.165, 1.54) is 0 Å². The van der Waals surface area contributed by atoms with Gasteiger partial charge in [-0.25, -0.2) is 0 Å². The van der Waals surface area contributed by atoms with Crippen molar-refractivity contribution in [1.29, 1.82) is 0 Å². The van der Waals surface area contributed by atoms with Gasteiger partial charge in [0.15, 0.2) is 0 Å². The standard InChI is InChI=1S/C17H19ClN2O/c18-15-8-6-13(7-9-15)10-11-20-17(21)16(12-19)14-4-2-1-3-5-14/h1-9,16H,10-12,19H2,(H,20,21). The number of nitrogens with one attached hydrogen (secondary N) is 1. The first kappa shape index (κ1) is 15.5. The van der Waals surface area contributed by atoms with Gasteiger partial charge in [0.2, 0.25) is 5.91 Å². The highest BCUT2D eigenvalue weighted by Gasteiger charge is 2.17. The van der Waals surface area contributed by atoms with Crippen molar-refractivity contribution in [2.24, 2.45) is 5.73 Å². The monoisotopic (exact) mass is 302 g/mol. The zero-order chi connectivity index (χ0) is 15.1. The van der Waals surface area contributed by atoms with Crippen LogP contribution >= 0.6 is 11.6 Å². The van der Waals surface area contributed by atoms with E-state index in [4.69, 9.17) is 17.3 Å². The van der Waals surface area contributed by atoms with Gasteiger partial charge in [-0.05, 0) is 29.7 Å². The molecule has 1 unspecified atom stereocenters. The Morgan fingerprint density at radius 1 is 1.10 bits per heavy atom. The maximum Gasteiger partial charge on any atom is 0.228 e. The Labute approximate surface area is 130 Å². The van der Waals surface area contributed by atoms with Gasteiger partial charge in [-0.15, -0.1) is 0 Å². The number of amides is 1. The summed E-state index contributed by atoms with van der Waals surface area (Å²) in [6.45, 7) is 0.889. The minimum Gasteiger partial charge on any atom is -0.355 e. The van der Waals surface area contributed by atoms with Gasteiger partial charge in [0.25, 0.3) is 0 Å². The van der Waals surface area contributed by atoms with Crippen LogP contribution < -0.4 is 11.1 Å². The number of nitrogens with two attached hydrogens (primary N) is 1. The van der Waals surface area contributed by atoms with Crippen molar-refractivity contribution in [2.75, 3.05) is 13.1 Å². The van der Waals surface area contributed by atoms with Crippen LogP contribution in [0.5, 0.6) is 0 Å². The van der Waals surface area contributed by atoms with Crippen LogP contribution in [0.2, 0.25) is 5.02 Å². The molecular formula is C17H19ClN2O. The first-order chi connectivity index (χ1) is 10.2. The third-order valence-electron chi connectivity index (χ3n) is 3.38. The molecule has 0 aliphatic carbocycles. The topological polar surface area (TPSA) is 55.1 Å². The molecule has 0 spiro atoms. The largest absolute Gasteiger partial charge is 0.355 e. The molecule has 1 atom stereocenters. The summed E-state index contributed by atoms with van der Waals surface area (Å²) >= 11 is 5.84. The summed E-state index contributed by atoms with van der Waals surface area (Å²) < 4.78 is 0. The minimum absolute atomic E-state index is 0.0299. The Morgan fingerprint density at radius 3 is 2.38 bits per heavy atom. The highest BCUT2D eigenvalue weighted by Crippen LogP contribution is 2.14. The van der Waals surface area contributed by atoms with Crippen LogP contribution in [0.4, 0.5) is 0 Å². The number of carbonyl (C=O) groups excluding carboxylic acids is 1. The Bertz CT molecular complexity index is 569. The van der Waals surface area contributed by atoms with Crippen LogP contribution in [0.15, 0.2) is 54.6 Å². The zero-order valence-electron chi connectivity index (χ0n) is 11.8. The van der Waals surface area contributed by atoms with Gasteiger partial charge in [-0.1, -0.05) is 54.1 Å². The van der Waals surface area contributed by atoms with E-state index in [-0.39, 0.29) is 11.8 Å². The van der Waals surface area contributed by atoms with E-state index in [0.717, 1.165) is 22.6 Å². The number of hydrogen-bond donors (Lipinski definition) is 2. The van der Waals surface area contributed by atoms with Crippen LogP contribution in [0.25, 0.3) is 0 Å². The summed E-state index contributed by atoms with van der Waals surface area (Å²) in [6, 6.07) is 17.2. The summed E-state index contributed by atoms with van der Waals surface area (Å²) in [6.07, 6.45) is 0.773. The van der Waals surface area contributed by atoms with E-state index in [9.17, 15) is 4.79 Å². The van der Waals surface area contributed by atoms with Crippen molar-refractivity contribution >= 4 is 17.5 Å². The molecular weight excluding hydrogens is 284 g/mol. The first-order valence-corrected chi connectivity index (χ1v) is 7.35. The summed E-state index contributed by atoms with van der Waals surface area (Å²) in [4.78, 5) is 12.2. The lowest BCUT2D eigenvalue weighted by atomic mass is 9.98. The van der Waals surface area contributed by atoms with Gasteiger partial charge in [0.05, 0.1) is 5.92 Å². The summed E-state index contributed by atoms with van der Waals surface area (Å²) in [5, 5.41) is 3.66. The van der Waals surface area contributed by atoms with Crippen molar-refractivity contribution in [3.8, 4) is 0 Å². The average molecular weight is 303 g/mol. The lowest BCUT2D eigenvalue weighted by Crippen LogP contribution is -2.34. The Hall–Kier alpha value is -1.84. The summed E-state index contributed by atoms with van der Waals surface area (Å²) in [7, 11) is 0. The fraction of sp³-hybridized carbons (Fsp3) is 0.235. The highest BCUT2D eigenvalue weighted by molar-refractivity contribution is 6.30. The summed E-state index contributed by atoms with van der Waals surface area (Å²) in [5.74, 6) is -0.325. The van der Waals surface area contributed by atoms with Crippen molar-refractivity contribution in [3.05, 3.63) is 70.7 Å². The van der Waals surface area contributed by atoms with Gasteiger partial charge in [0, 0.05) is 18.1 Å². The predicted octanol–water partition coefficient (Wildman–Crippen LogP) is 2.74. The van der Waals surface area contributed by atoms with Gasteiger partial charge in [-0.3, -0.25) is 4.79 Å². The van der Waals surface area contributed by atoms with Crippen molar-refractivity contribution < 1.29 is 4.79 Å². The first-order valence-electron chi connectivity index (χ1n) is 6.98. The van der Waals surface area contributed by atoms with E-state index in [0.29, 0.717) is 13.1 Å². The Balaban J connectivity index is 1.87. The molecule has 0 radical (unpaired) electrons. The Morgan fingerprint density at radius 2 is 1.76 bits per heavy atom. The summed E-state index contributed by atoms with van der Waals surface area (Å²) in [5.41, 5.74) is 7.82. The van der Waals surface area contributed by atoms with Crippen LogP contribution in [0.3, 0.4) is 0 Å².